The Balaban J connectivity index is 2.31. The summed E-state index contributed by atoms with van der Waals surface area (Å²) >= 11 is 3.40. The molecule has 0 saturated carbocycles. The number of rotatable bonds is 6. The molecule has 0 aliphatic heterocycles. The number of unbranched alkanes of at least 4 members (excludes halogenated alkanes) is 1. The van der Waals surface area contributed by atoms with Crippen molar-refractivity contribution in [3.05, 3.63) is 35.1 Å². The molecular formula is C12H17BrFN. The minimum Gasteiger partial charge on any atom is -0.313 e. The molecule has 1 N–H and O–H groups in total. The smallest absolute Gasteiger partial charge is 0.123 e. The monoisotopic (exact) mass is 273 g/mol. The molecule has 84 valence electrons. The van der Waals surface area contributed by atoms with Crippen LogP contribution in [-0.2, 0) is 6.54 Å². The summed E-state index contributed by atoms with van der Waals surface area (Å²) in [4.78, 5) is 0. The van der Waals surface area contributed by atoms with Crippen LogP contribution < -0.4 is 5.32 Å². The van der Waals surface area contributed by atoms with Gasteiger partial charge < -0.3 is 5.32 Å². The normalized spacial score (nSPS) is 10.6. The zero-order valence-electron chi connectivity index (χ0n) is 9.02. The molecule has 1 aromatic carbocycles. The molecule has 0 heterocycles. The molecule has 0 aliphatic rings. The van der Waals surface area contributed by atoms with Crippen molar-refractivity contribution in [2.75, 3.05) is 11.9 Å². The molecule has 0 aliphatic carbocycles. The highest BCUT2D eigenvalue weighted by Gasteiger charge is 1.99. The SMILES string of the molecule is Cc1cc(F)ccc1CNCCCCBr. The molecule has 0 atom stereocenters. The molecule has 1 rings (SSSR count). The Kier molecular flexibility index (Phi) is 5.88. The first-order valence-corrected chi connectivity index (χ1v) is 6.38. The fourth-order valence-electron chi connectivity index (χ4n) is 1.43. The van der Waals surface area contributed by atoms with Crippen molar-refractivity contribution in [1.82, 2.24) is 5.32 Å². The molecule has 1 nitrogen and oxygen atoms in total. The molecule has 1 aromatic rings. The lowest BCUT2D eigenvalue weighted by Gasteiger charge is -2.07. The second kappa shape index (κ2) is 6.96. The molecule has 0 fully saturated rings. The number of alkyl halides is 1. The van der Waals surface area contributed by atoms with Gasteiger partial charge in [0.1, 0.15) is 5.82 Å². The Morgan fingerprint density at radius 3 is 2.80 bits per heavy atom. The molecule has 15 heavy (non-hydrogen) atoms. The Morgan fingerprint density at radius 2 is 2.13 bits per heavy atom. The van der Waals surface area contributed by atoms with Gasteiger partial charge in [-0.15, -0.1) is 0 Å². The maximum atomic E-state index is 12.8. The second-order valence-electron chi connectivity index (χ2n) is 3.64. The lowest BCUT2D eigenvalue weighted by atomic mass is 10.1. The van der Waals surface area contributed by atoms with Gasteiger partial charge in [-0.1, -0.05) is 22.0 Å². The van der Waals surface area contributed by atoms with Gasteiger partial charge in [0.15, 0.2) is 0 Å². The summed E-state index contributed by atoms with van der Waals surface area (Å²) in [5, 5.41) is 4.41. The van der Waals surface area contributed by atoms with Crippen LogP contribution in [0.4, 0.5) is 4.39 Å². The lowest BCUT2D eigenvalue weighted by Crippen LogP contribution is -2.15. The van der Waals surface area contributed by atoms with Gasteiger partial charge in [0, 0.05) is 11.9 Å². The average molecular weight is 274 g/mol. The van der Waals surface area contributed by atoms with E-state index in [0.717, 1.165) is 24.0 Å². The van der Waals surface area contributed by atoms with E-state index in [-0.39, 0.29) is 5.82 Å². The summed E-state index contributed by atoms with van der Waals surface area (Å²) < 4.78 is 12.8. The first kappa shape index (κ1) is 12.7. The predicted octanol–water partition coefficient (Wildman–Crippen LogP) is 3.40. The minimum atomic E-state index is -0.157. The topological polar surface area (TPSA) is 12.0 Å². The van der Waals surface area contributed by atoms with Crippen molar-refractivity contribution in [3.63, 3.8) is 0 Å². The number of halogens is 2. The number of aryl methyl sites for hydroxylation is 1. The highest BCUT2D eigenvalue weighted by molar-refractivity contribution is 9.09. The fourth-order valence-corrected chi connectivity index (χ4v) is 1.82. The highest BCUT2D eigenvalue weighted by atomic mass is 79.9. The summed E-state index contributed by atoms with van der Waals surface area (Å²) in [6, 6.07) is 4.94. The maximum Gasteiger partial charge on any atom is 0.123 e. The van der Waals surface area contributed by atoms with E-state index in [1.165, 1.54) is 24.5 Å². The van der Waals surface area contributed by atoms with E-state index in [4.69, 9.17) is 0 Å². The number of benzene rings is 1. The summed E-state index contributed by atoms with van der Waals surface area (Å²) in [7, 11) is 0. The van der Waals surface area contributed by atoms with E-state index >= 15 is 0 Å². The van der Waals surface area contributed by atoms with E-state index in [1.807, 2.05) is 13.0 Å². The molecule has 0 bridgehead atoms. The van der Waals surface area contributed by atoms with Crippen LogP contribution in [0.25, 0.3) is 0 Å². The van der Waals surface area contributed by atoms with Crippen LogP contribution in [0.15, 0.2) is 18.2 Å². The Morgan fingerprint density at radius 1 is 1.33 bits per heavy atom. The van der Waals surface area contributed by atoms with Crippen molar-refractivity contribution in [3.8, 4) is 0 Å². The molecule has 0 radical (unpaired) electrons. The Bertz CT molecular complexity index is 302. The van der Waals surface area contributed by atoms with Gasteiger partial charge in [-0.25, -0.2) is 4.39 Å². The van der Waals surface area contributed by atoms with Gasteiger partial charge in [-0.05, 0) is 49.6 Å². The number of hydrogen-bond acceptors (Lipinski definition) is 1. The minimum absolute atomic E-state index is 0.157. The summed E-state index contributed by atoms with van der Waals surface area (Å²) in [6.07, 6.45) is 2.36. The second-order valence-corrected chi connectivity index (χ2v) is 4.44. The molecule has 0 spiro atoms. The third-order valence-electron chi connectivity index (χ3n) is 2.36. The van der Waals surface area contributed by atoms with Gasteiger partial charge >= 0.3 is 0 Å². The largest absolute Gasteiger partial charge is 0.313 e. The third-order valence-corrected chi connectivity index (χ3v) is 2.92. The highest BCUT2D eigenvalue weighted by Crippen LogP contribution is 2.09. The van der Waals surface area contributed by atoms with Crippen LogP contribution >= 0.6 is 15.9 Å². The van der Waals surface area contributed by atoms with Crippen LogP contribution in [0, 0.1) is 12.7 Å². The molecule has 0 saturated heterocycles. The van der Waals surface area contributed by atoms with Crippen molar-refractivity contribution < 1.29 is 4.39 Å². The van der Waals surface area contributed by atoms with Crippen molar-refractivity contribution in [2.45, 2.75) is 26.3 Å². The molecule has 3 heteroatoms. The van der Waals surface area contributed by atoms with Crippen LogP contribution in [0.3, 0.4) is 0 Å². The molecule has 0 unspecified atom stereocenters. The third kappa shape index (κ3) is 4.76. The molecule has 0 aromatic heterocycles. The van der Waals surface area contributed by atoms with Gasteiger partial charge in [0.25, 0.3) is 0 Å². The van der Waals surface area contributed by atoms with Crippen LogP contribution in [0.2, 0.25) is 0 Å². The predicted molar refractivity (Wildman–Crippen MR) is 65.9 cm³/mol. The van der Waals surface area contributed by atoms with Gasteiger partial charge in [-0.3, -0.25) is 0 Å². The van der Waals surface area contributed by atoms with Crippen molar-refractivity contribution >= 4 is 15.9 Å². The van der Waals surface area contributed by atoms with Gasteiger partial charge in [0.2, 0.25) is 0 Å². The van der Waals surface area contributed by atoms with Gasteiger partial charge in [-0.2, -0.15) is 0 Å². The number of hydrogen-bond donors (Lipinski definition) is 1. The zero-order chi connectivity index (χ0) is 11.1. The summed E-state index contributed by atoms with van der Waals surface area (Å²) in [5.41, 5.74) is 2.19. The summed E-state index contributed by atoms with van der Waals surface area (Å²) in [5.74, 6) is -0.157. The molecular weight excluding hydrogens is 257 g/mol. The van der Waals surface area contributed by atoms with E-state index in [0.29, 0.717) is 0 Å². The first-order chi connectivity index (χ1) is 7.24. The Labute approximate surface area is 99.2 Å². The average Bonchev–Trinajstić information content (AvgIpc) is 2.20. The van der Waals surface area contributed by atoms with Crippen molar-refractivity contribution in [2.24, 2.45) is 0 Å². The van der Waals surface area contributed by atoms with E-state index in [9.17, 15) is 4.39 Å². The first-order valence-electron chi connectivity index (χ1n) is 5.25. The lowest BCUT2D eigenvalue weighted by molar-refractivity contribution is 0.619. The fraction of sp³-hybridized carbons (Fsp3) is 0.500. The van der Waals surface area contributed by atoms with Crippen molar-refractivity contribution in [1.29, 1.82) is 0 Å². The molecule has 0 amide bonds. The van der Waals surface area contributed by atoms with Gasteiger partial charge in [0.05, 0.1) is 0 Å². The van der Waals surface area contributed by atoms with E-state index in [2.05, 4.69) is 21.2 Å². The quantitative estimate of drug-likeness (QED) is 0.619. The van der Waals surface area contributed by atoms with E-state index < -0.39 is 0 Å². The summed E-state index contributed by atoms with van der Waals surface area (Å²) in [6.45, 7) is 3.79. The zero-order valence-corrected chi connectivity index (χ0v) is 10.6. The Hall–Kier alpha value is -0.410. The van der Waals surface area contributed by atoms with E-state index in [1.54, 1.807) is 6.07 Å². The maximum absolute atomic E-state index is 12.8. The number of nitrogens with one attached hydrogen (secondary N) is 1. The van der Waals surface area contributed by atoms with Crippen LogP contribution in [0.5, 0.6) is 0 Å². The van der Waals surface area contributed by atoms with Crippen LogP contribution in [-0.4, -0.2) is 11.9 Å². The standard InChI is InChI=1S/C12H17BrFN/c1-10-8-12(14)5-4-11(10)9-15-7-3-2-6-13/h4-5,8,15H,2-3,6-7,9H2,1H3. The van der Waals surface area contributed by atoms with Crippen LogP contribution in [0.1, 0.15) is 24.0 Å².